The number of unbranched alkanes of at least 4 members (excludes halogenated alkanes) is 8. The minimum Gasteiger partial charge on any atom is -0.481 e. The van der Waals surface area contributed by atoms with E-state index in [9.17, 15) is 4.79 Å². The number of carboxylic acid groups (broad SMARTS) is 1. The highest BCUT2D eigenvalue weighted by Gasteiger charge is 1.97. The van der Waals surface area contributed by atoms with Crippen molar-refractivity contribution in [3.63, 3.8) is 0 Å². The van der Waals surface area contributed by atoms with E-state index in [1.165, 1.54) is 51.4 Å². The lowest BCUT2D eigenvalue weighted by Crippen LogP contribution is -2.12. The van der Waals surface area contributed by atoms with Crippen molar-refractivity contribution in [3.05, 3.63) is 0 Å². The lowest BCUT2D eigenvalue weighted by molar-refractivity contribution is -0.137. The first-order valence-corrected chi connectivity index (χ1v) is 10.8. The Balaban J connectivity index is 2.98. The van der Waals surface area contributed by atoms with Crippen LogP contribution < -0.4 is 0 Å². The Bertz CT molecular complexity index is 298. The number of hydrogen-bond donors (Lipinski definition) is 1. The summed E-state index contributed by atoms with van der Waals surface area (Å²) in [6.07, 6.45) is 12.7. The molecule has 0 heterocycles. The van der Waals surface area contributed by atoms with Crippen molar-refractivity contribution in [2.45, 2.75) is 77.6 Å². The van der Waals surface area contributed by atoms with Gasteiger partial charge in [0.15, 0.2) is 0 Å². The summed E-state index contributed by atoms with van der Waals surface area (Å²) in [7, 11) is 0. The molecule has 0 atom stereocenters. The minimum absolute atomic E-state index is 0.149. The quantitative estimate of drug-likeness (QED) is 0.260. The predicted molar refractivity (Wildman–Crippen MR) is 107 cm³/mol. The fourth-order valence-electron chi connectivity index (χ4n) is 2.60. The highest BCUT2D eigenvalue weighted by Crippen LogP contribution is 2.09. The van der Waals surface area contributed by atoms with Crippen LogP contribution >= 0.6 is 0 Å². The van der Waals surface area contributed by atoms with Gasteiger partial charge in [-0.2, -0.15) is 0 Å². The molecule has 6 heteroatoms. The van der Waals surface area contributed by atoms with Gasteiger partial charge in [-0.05, 0) is 12.8 Å². The highest BCUT2D eigenvalue weighted by atomic mass is 16.6. The molecule has 0 aliphatic carbocycles. The van der Waals surface area contributed by atoms with Crippen LogP contribution in [0.25, 0.3) is 0 Å². The maximum absolute atomic E-state index is 10.3. The Morgan fingerprint density at radius 2 is 0.926 bits per heavy atom. The van der Waals surface area contributed by atoms with E-state index in [1.54, 1.807) is 0 Å². The van der Waals surface area contributed by atoms with Crippen LogP contribution in [0.15, 0.2) is 0 Å². The zero-order valence-electron chi connectivity index (χ0n) is 17.4. The summed E-state index contributed by atoms with van der Waals surface area (Å²) in [5.41, 5.74) is 0. The third-order valence-electron chi connectivity index (χ3n) is 4.19. The minimum atomic E-state index is -0.788. The first kappa shape index (κ1) is 26.3. The van der Waals surface area contributed by atoms with Crippen LogP contribution in [0.2, 0.25) is 0 Å². The van der Waals surface area contributed by atoms with E-state index in [0.29, 0.717) is 52.7 Å². The van der Waals surface area contributed by atoms with E-state index in [-0.39, 0.29) is 6.42 Å². The molecule has 0 aromatic heterocycles. The molecule has 0 bridgehead atoms. The van der Waals surface area contributed by atoms with E-state index in [4.69, 9.17) is 24.1 Å². The predicted octanol–water partition coefficient (Wildman–Crippen LogP) is 4.45. The molecule has 0 aromatic carbocycles. The molecule has 0 aliphatic heterocycles. The number of rotatable bonds is 23. The number of hydrogen-bond acceptors (Lipinski definition) is 5. The molecule has 0 radical (unpaired) electrons. The zero-order valence-corrected chi connectivity index (χ0v) is 17.4. The van der Waals surface area contributed by atoms with Gasteiger partial charge in [-0.25, -0.2) is 0 Å². The molecule has 27 heavy (non-hydrogen) atoms. The van der Waals surface area contributed by atoms with Gasteiger partial charge in [0.25, 0.3) is 0 Å². The molecule has 0 rings (SSSR count). The monoisotopic (exact) mass is 390 g/mol. The van der Waals surface area contributed by atoms with Crippen LogP contribution in [0.5, 0.6) is 0 Å². The molecule has 162 valence electrons. The van der Waals surface area contributed by atoms with Gasteiger partial charge in [0.2, 0.25) is 0 Å². The van der Waals surface area contributed by atoms with E-state index >= 15 is 0 Å². The van der Waals surface area contributed by atoms with Gasteiger partial charge in [0.1, 0.15) is 0 Å². The van der Waals surface area contributed by atoms with Crippen molar-refractivity contribution in [3.8, 4) is 0 Å². The molecule has 0 unspecified atom stereocenters. The second kappa shape index (κ2) is 23.3. The largest absolute Gasteiger partial charge is 0.481 e. The smallest absolute Gasteiger partial charge is 0.303 e. The van der Waals surface area contributed by atoms with Gasteiger partial charge in [0.05, 0.1) is 39.6 Å². The summed E-state index contributed by atoms with van der Waals surface area (Å²) in [5, 5.41) is 8.48. The second-order valence-corrected chi connectivity index (χ2v) is 6.78. The van der Waals surface area contributed by atoms with E-state index in [2.05, 4.69) is 6.92 Å². The first-order chi connectivity index (χ1) is 13.3. The van der Waals surface area contributed by atoms with Gasteiger partial charge in [-0.15, -0.1) is 0 Å². The Hall–Kier alpha value is -0.690. The lowest BCUT2D eigenvalue weighted by atomic mass is 10.1. The van der Waals surface area contributed by atoms with Gasteiger partial charge < -0.3 is 24.1 Å². The van der Waals surface area contributed by atoms with Gasteiger partial charge in [0, 0.05) is 19.6 Å². The van der Waals surface area contributed by atoms with Crippen LogP contribution in [-0.2, 0) is 23.7 Å². The van der Waals surface area contributed by atoms with Crippen LogP contribution in [0.1, 0.15) is 77.6 Å². The first-order valence-electron chi connectivity index (χ1n) is 10.8. The summed E-state index contributed by atoms with van der Waals surface area (Å²) in [4.78, 5) is 10.3. The normalized spacial score (nSPS) is 11.1. The Morgan fingerprint density at radius 1 is 0.556 bits per heavy atom. The molecular formula is C21H42O6. The third-order valence-corrected chi connectivity index (χ3v) is 4.19. The van der Waals surface area contributed by atoms with E-state index in [0.717, 1.165) is 13.0 Å². The maximum Gasteiger partial charge on any atom is 0.303 e. The van der Waals surface area contributed by atoms with Crippen molar-refractivity contribution in [2.24, 2.45) is 0 Å². The molecule has 0 aliphatic rings. The third kappa shape index (κ3) is 25.3. The Kier molecular flexibility index (Phi) is 22.8. The number of carbonyl (C=O) groups is 1. The fraction of sp³-hybridized carbons (Fsp3) is 0.952. The van der Waals surface area contributed by atoms with Crippen molar-refractivity contribution in [2.75, 3.05) is 52.9 Å². The van der Waals surface area contributed by atoms with Gasteiger partial charge >= 0.3 is 5.97 Å². The van der Waals surface area contributed by atoms with E-state index in [1.807, 2.05) is 0 Å². The van der Waals surface area contributed by atoms with Crippen molar-refractivity contribution in [1.29, 1.82) is 0 Å². The standard InChI is InChI=1S/C21H42O6/c1-2-3-4-5-6-7-8-9-10-13-24-15-17-26-19-20-27-18-16-25-14-11-12-21(22)23/h2-20H2,1H3,(H,22,23). The molecule has 0 saturated heterocycles. The summed E-state index contributed by atoms with van der Waals surface area (Å²) in [6.45, 7) is 6.88. The topological polar surface area (TPSA) is 74.2 Å². The molecule has 0 aromatic rings. The molecule has 1 N–H and O–H groups in total. The summed E-state index contributed by atoms with van der Waals surface area (Å²) < 4.78 is 21.6. The van der Waals surface area contributed by atoms with Crippen LogP contribution in [-0.4, -0.2) is 63.9 Å². The van der Waals surface area contributed by atoms with E-state index < -0.39 is 5.97 Å². The maximum atomic E-state index is 10.3. The van der Waals surface area contributed by atoms with Gasteiger partial charge in [-0.1, -0.05) is 58.3 Å². The number of aliphatic carboxylic acids is 1. The van der Waals surface area contributed by atoms with Crippen LogP contribution in [0.3, 0.4) is 0 Å². The summed E-state index contributed by atoms with van der Waals surface area (Å²) >= 11 is 0. The molecule has 0 spiro atoms. The zero-order chi connectivity index (χ0) is 19.8. The molecule has 0 fully saturated rings. The average Bonchev–Trinajstić information content (AvgIpc) is 2.65. The number of carboxylic acids is 1. The number of ether oxygens (including phenoxy) is 4. The Morgan fingerprint density at radius 3 is 1.37 bits per heavy atom. The molecular weight excluding hydrogens is 348 g/mol. The van der Waals surface area contributed by atoms with Crippen LogP contribution in [0.4, 0.5) is 0 Å². The van der Waals surface area contributed by atoms with Gasteiger partial charge in [-0.3, -0.25) is 4.79 Å². The lowest BCUT2D eigenvalue weighted by Gasteiger charge is -2.07. The molecule has 0 amide bonds. The summed E-state index contributed by atoms with van der Waals surface area (Å²) in [6, 6.07) is 0. The average molecular weight is 391 g/mol. The highest BCUT2D eigenvalue weighted by molar-refractivity contribution is 5.66. The van der Waals surface area contributed by atoms with Crippen LogP contribution in [0, 0.1) is 0 Å². The van der Waals surface area contributed by atoms with Crippen molar-refractivity contribution in [1.82, 2.24) is 0 Å². The Labute approximate surface area is 165 Å². The second-order valence-electron chi connectivity index (χ2n) is 6.78. The molecule has 6 nitrogen and oxygen atoms in total. The fourth-order valence-corrected chi connectivity index (χ4v) is 2.60. The SMILES string of the molecule is CCCCCCCCCCCOCCOCCOCCOCCCC(=O)O. The summed E-state index contributed by atoms with van der Waals surface area (Å²) in [5.74, 6) is -0.788. The van der Waals surface area contributed by atoms with Crippen molar-refractivity contribution >= 4 is 5.97 Å². The van der Waals surface area contributed by atoms with Crippen molar-refractivity contribution < 1.29 is 28.8 Å². The molecule has 0 saturated carbocycles.